The molecule has 1 aliphatic carbocycles. The summed E-state index contributed by atoms with van der Waals surface area (Å²) in [4.78, 5) is 51.7. The number of carbonyl (C=O) groups is 4. The summed E-state index contributed by atoms with van der Waals surface area (Å²) in [6.45, 7) is 4.07. The third-order valence-electron chi connectivity index (χ3n) is 4.75. The fourth-order valence-corrected chi connectivity index (χ4v) is 3.65. The Morgan fingerprint density at radius 3 is 1.64 bits per heavy atom. The van der Waals surface area contributed by atoms with Gasteiger partial charge in [-0.1, -0.05) is 24.3 Å². The van der Waals surface area contributed by atoms with Crippen LogP contribution in [-0.2, 0) is 9.59 Å². The lowest BCUT2D eigenvalue weighted by atomic mass is 9.81. The highest BCUT2D eigenvalue weighted by Crippen LogP contribution is 2.47. The lowest BCUT2D eigenvalue weighted by Crippen LogP contribution is -2.35. The summed E-state index contributed by atoms with van der Waals surface area (Å²) in [5.41, 5.74) is 0.991. The van der Waals surface area contributed by atoms with Gasteiger partial charge in [0.1, 0.15) is 11.4 Å². The van der Waals surface area contributed by atoms with Crippen molar-refractivity contribution in [2.75, 3.05) is 19.1 Å². The molecule has 0 aliphatic heterocycles. The van der Waals surface area contributed by atoms with Crippen LogP contribution in [0.25, 0.3) is 0 Å². The zero-order chi connectivity index (χ0) is 20.7. The smallest absolute Gasteiger partial charge is 0.230 e. The van der Waals surface area contributed by atoms with Gasteiger partial charge < -0.3 is 9.47 Å². The van der Waals surface area contributed by atoms with Crippen molar-refractivity contribution in [2.45, 2.75) is 20.8 Å². The maximum Gasteiger partial charge on any atom is 0.230 e. The van der Waals surface area contributed by atoms with Crippen LogP contribution >= 0.6 is 0 Å². The zero-order valence-corrected chi connectivity index (χ0v) is 16.2. The number of benzene rings is 2. The number of ketones is 2. The number of carbonyl (C=O) groups excluding carboxylic acids is 4. The number of anilines is 1. The number of ether oxygens (including phenoxy) is 2. The van der Waals surface area contributed by atoms with E-state index < -0.39 is 17.6 Å². The molecule has 0 aromatic heterocycles. The van der Waals surface area contributed by atoms with Gasteiger partial charge in [0.25, 0.3) is 0 Å². The molecule has 0 saturated carbocycles. The van der Waals surface area contributed by atoms with E-state index in [4.69, 9.17) is 9.47 Å². The summed E-state index contributed by atoms with van der Waals surface area (Å²) in [7, 11) is 2.69. The first-order valence-electron chi connectivity index (χ1n) is 8.54. The van der Waals surface area contributed by atoms with E-state index in [2.05, 4.69) is 0 Å². The van der Waals surface area contributed by atoms with E-state index in [9.17, 15) is 19.2 Å². The Labute approximate surface area is 161 Å². The molecular weight excluding hydrogens is 362 g/mol. The predicted octanol–water partition coefficient (Wildman–Crippen LogP) is 2.69. The number of imide groups is 1. The van der Waals surface area contributed by atoms with Gasteiger partial charge in [-0.05, 0) is 6.92 Å². The van der Waals surface area contributed by atoms with Gasteiger partial charge in [0.15, 0.2) is 17.3 Å². The van der Waals surface area contributed by atoms with Crippen LogP contribution in [0.1, 0.15) is 51.3 Å². The van der Waals surface area contributed by atoms with Crippen molar-refractivity contribution < 1.29 is 28.7 Å². The van der Waals surface area contributed by atoms with Gasteiger partial charge >= 0.3 is 0 Å². The zero-order valence-electron chi connectivity index (χ0n) is 16.2. The molecule has 28 heavy (non-hydrogen) atoms. The molecule has 2 aromatic rings. The fraction of sp³-hybridized carbons (Fsp3) is 0.238. The molecule has 7 nitrogen and oxygen atoms in total. The average molecular weight is 381 g/mol. The van der Waals surface area contributed by atoms with Gasteiger partial charge in [-0.3, -0.25) is 19.2 Å². The number of hydrogen-bond acceptors (Lipinski definition) is 6. The first-order valence-corrected chi connectivity index (χ1v) is 8.54. The van der Waals surface area contributed by atoms with Gasteiger partial charge in [0.05, 0.1) is 25.3 Å². The van der Waals surface area contributed by atoms with E-state index in [-0.39, 0.29) is 45.2 Å². The minimum Gasteiger partial charge on any atom is -0.496 e. The second kappa shape index (κ2) is 6.92. The Morgan fingerprint density at radius 2 is 1.25 bits per heavy atom. The number of rotatable bonds is 3. The minimum atomic E-state index is -0.550. The van der Waals surface area contributed by atoms with Crippen LogP contribution in [-0.4, -0.2) is 37.6 Å². The van der Waals surface area contributed by atoms with Gasteiger partial charge in [-0.2, -0.15) is 0 Å². The Hall–Kier alpha value is -3.48. The highest BCUT2D eigenvalue weighted by Gasteiger charge is 2.39. The van der Waals surface area contributed by atoms with Crippen LogP contribution in [0, 0.1) is 6.92 Å². The van der Waals surface area contributed by atoms with Crippen molar-refractivity contribution >= 4 is 29.1 Å². The van der Waals surface area contributed by atoms with Crippen molar-refractivity contribution in [3.8, 4) is 11.5 Å². The summed E-state index contributed by atoms with van der Waals surface area (Å²) < 4.78 is 10.9. The average Bonchev–Trinajstić information content (AvgIpc) is 2.66. The molecule has 1 aliphatic rings. The SMILES string of the molecule is COc1c(C)c(N(C(C)=O)C(C)=O)c(OC)c2c1C(=O)c1ccccc1C2=O. The molecule has 0 atom stereocenters. The van der Waals surface area contributed by atoms with Crippen molar-refractivity contribution in [2.24, 2.45) is 0 Å². The molecule has 0 radical (unpaired) electrons. The normalized spacial score (nSPS) is 12.2. The van der Waals surface area contributed by atoms with E-state index in [0.29, 0.717) is 5.56 Å². The lowest BCUT2D eigenvalue weighted by Gasteiger charge is -2.29. The highest BCUT2D eigenvalue weighted by molar-refractivity contribution is 6.31. The number of hydrogen-bond donors (Lipinski definition) is 0. The second-order valence-corrected chi connectivity index (χ2v) is 6.37. The molecule has 0 bridgehead atoms. The molecule has 144 valence electrons. The summed E-state index contributed by atoms with van der Waals surface area (Å²) in [5.74, 6) is -1.80. The number of methoxy groups -OCH3 is 2. The van der Waals surface area contributed by atoms with Crippen molar-refractivity contribution in [3.05, 3.63) is 52.1 Å². The van der Waals surface area contributed by atoms with Crippen molar-refractivity contribution in [1.29, 1.82) is 0 Å². The summed E-state index contributed by atoms with van der Waals surface area (Å²) >= 11 is 0. The van der Waals surface area contributed by atoms with E-state index in [1.807, 2.05) is 0 Å². The van der Waals surface area contributed by atoms with E-state index in [1.165, 1.54) is 28.1 Å². The van der Waals surface area contributed by atoms with Crippen LogP contribution in [0.3, 0.4) is 0 Å². The lowest BCUT2D eigenvalue weighted by molar-refractivity contribution is -0.124. The standard InChI is InChI=1S/C21H19NO6/c1-10-17(22(11(2)23)12(3)24)21(28-5)16-15(20(10)27-4)18(25)13-8-6-7-9-14(13)19(16)26/h6-9H,1-5H3. The highest BCUT2D eigenvalue weighted by atomic mass is 16.5. The number of fused-ring (bicyclic) bond motifs is 2. The Kier molecular flexibility index (Phi) is 4.77. The Bertz CT molecular complexity index is 1040. The first-order chi connectivity index (χ1) is 13.3. The molecule has 2 amide bonds. The van der Waals surface area contributed by atoms with Crippen LogP contribution in [0.5, 0.6) is 11.5 Å². The largest absolute Gasteiger partial charge is 0.496 e. The Morgan fingerprint density at radius 1 is 0.821 bits per heavy atom. The molecule has 0 saturated heterocycles. The topological polar surface area (TPSA) is 90.0 Å². The monoisotopic (exact) mass is 381 g/mol. The third-order valence-corrected chi connectivity index (χ3v) is 4.75. The Balaban J connectivity index is 2.49. The summed E-state index contributed by atoms with van der Waals surface area (Å²) in [6.07, 6.45) is 0. The maximum absolute atomic E-state index is 13.3. The number of nitrogens with zero attached hydrogens (tertiary/aromatic N) is 1. The molecule has 0 fully saturated rings. The molecular formula is C21H19NO6. The van der Waals surface area contributed by atoms with Crippen LogP contribution < -0.4 is 14.4 Å². The van der Waals surface area contributed by atoms with Gasteiger partial charge in [0.2, 0.25) is 11.8 Å². The van der Waals surface area contributed by atoms with Gasteiger partial charge in [-0.25, -0.2) is 4.90 Å². The molecule has 0 heterocycles. The third kappa shape index (κ3) is 2.58. The maximum atomic E-state index is 13.3. The van der Waals surface area contributed by atoms with E-state index >= 15 is 0 Å². The van der Waals surface area contributed by atoms with Gasteiger partial charge in [-0.15, -0.1) is 0 Å². The van der Waals surface area contributed by atoms with Crippen LogP contribution in [0.4, 0.5) is 5.69 Å². The molecule has 3 rings (SSSR count). The molecule has 2 aromatic carbocycles. The van der Waals surface area contributed by atoms with Crippen molar-refractivity contribution in [3.63, 3.8) is 0 Å². The molecule has 7 heteroatoms. The quantitative estimate of drug-likeness (QED) is 0.693. The van der Waals surface area contributed by atoms with Gasteiger partial charge in [0, 0.05) is 30.5 Å². The second-order valence-electron chi connectivity index (χ2n) is 6.37. The summed E-state index contributed by atoms with van der Waals surface area (Å²) in [5, 5.41) is 0. The number of amides is 2. The van der Waals surface area contributed by atoms with Crippen LogP contribution in [0.2, 0.25) is 0 Å². The van der Waals surface area contributed by atoms with Crippen molar-refractivity contribution in [1.82, 2.24) is 0 Å². The van der Waals surface area contributed by atoms with E-state index in [0.717, 1.165) is 4.90 Å². The molecule has 0 N–H and O–H groups in total. The molecule has 0 spiro atoms. The first kappa shape index (κ1) is 19.3. The minimum absolute atomic E-state index is 0.00782. The summed E-state index contributed by atoms with van der Waals surface area (Å²) in [6, 6.07) is 6.46. The predicted molar refractivity (Wildman–Crippen MR) is 101 cm³/mol. The van der Waals surface area contributed by atoms with Crippen LogP contribution in [0.15, 0.2) is 24.3 Å². The van der Waals surface area contributed by atoms with E-state index in [1.54, 1.807) is 31.2 Å². The fourth-order valence-electron chi connectivity index (χ4n) is 3.65. The molecule has 0 unspecified atom stereocenters.